The molecule has 1 saturated heterocycles. The molecule has 164 valence electrons. The average Bonchev–Trinajstić information content (AvgIpc) is 2.75. The molecule has 1 aromatic rings. The normalized spacial score (nSPS) is 23.4. The predicted octanol–water partition coefficient (Wildman–Crippen LogP) is 2.33. The number of hydrogen-bond acceptors (Lipinski definition) is 5. The maximum atomic E-state index is 13.1. The molecule has 30 heavy (non-hydrogen) atoms. The minimum absolute atomic E-state index is 0.0107. The summed E-state index contributed by atoms with van der Waals surface area (Å²) >= 11 is 0. The predicted molar refractivity (Wildman–Crippen MR) is 113 cm³/mol. The Morgan fingerprint density at radius 1 is 1.20 bits per heavy atom. The molecule has 0 bridgehead atoms. The van der Waals surface area contributed by atoms with Gasteiger partial charge in [-0.2, -0.15) is 0 Å². The van der Waals surface area contributed by atoms with Gasteiger partial charge in [0.05, 0.1) is 24.1 Å². The highest BCUT2D eigenvalue weighted by Crippen LogP contribution is 2.32. The summed E-state index contributed by atoms with van der Waals surface area (Å²) in [5.41, 5.74) is 0.993. The van der Waals surface area contributed by atoms with Crippen molar-refractivity contribution in [3.8, 4) is 5.75 Å². The van der Waals surface area contributed by atoms with Crippen molar-refractivity contribution in [2.45, 2.75) is 64.2 Å². The van der Waals surface area contributed by atoms with Crippen LogP contribution in [0.1, 0.15) is 56.3 Å². The standard InChI is InChI=1S/C22H31N3O5/c1-4-10-23-21(27)12-15-7-8-17-19(30-15)13-29-18-9-6-14(24-20(26)5-2)11-16(18)22(28)25(17)3/h6,9,11,15,17,19H,4-5,7-8,10,12-13H2,1-3H3,(H,23,27)(H,24,26)/t15-,17+,19+/m1/s1. The molecule has 2 aliphatic rings. The Labute approximate surface area is 177 Å². The zero-order valence-corrected chi connectivity index (χ0v) is 17.9. The number of fused-ring (bicyclic) bond motifs is 2. The fourth-order valence-electron chi connectivity index (χ4n) is 3.90. The van der Waals surface area contributed by atoms with Crippen LogP contribution in [0.4, 0.5) is 5.69 Å². The van der Waals surface area contributed by atoms with Crippen LogP contribution in [0.3, 0.4) is 0 Å². The van der Waals surface area contributed by atoms with Gasteiger partial charge in [0.25, 0.3) is 5.91 Å². The first-order valence-electron chi connectivity index (χ1n) is 10.7. The van der Waals surface area contributed by atoms with Crippen LogP contribution >= 0.6 is 0 Å². The summed E-state index contributed by atoms with van der Waals surface area (Å²) in [6.45, 7) is 4.74. The van der Waals surface area contributed by atoms with E-state index in [9.17, 15) is 14.4 Å². The minimum atomic E-state index is -0.302. The topological polar surface area (TPSA) is 97.0 Å². The van der Waals surface area contributed by atoms with Crippen LogP contribution in [0.5, 0.6) is 5.75 Å². The van der Waals surface area contributed by atoms with Crippen molar-refractivity contribution < 1.29 is 23.9 Å². The third-order valence-corrected chi connectivity index (χ3v) is 5.60. The van der Waals surface area contributed by atoms with Crippen molar-refractivity contribution in [1.82, 2.24) is 10.2 Å². The Morgan fingerprint density at radius 2 is 2.00 bits per heavy atom. The first kappa shape index (κ1) is 22.1. The highest BCUT2D eigenvalue weighted by Gasteiger charge is 2.39. The molecule has 8 nitrogen and oxygen atoms in total. The molecule has 3 rings (SSSR count). The SMILES string of the molecule is CCCNC(=O)C[C@H]1CC[C@H]2[C@H](COc3ccc(NC(=O)CC)cc3C(=O)N2C)O1. The van der Waals surface area contributed by atoms with Crippen LogP contribution in [0.15, 0.2) is 18.2 Å². The first-order valence-corrected chi connectivity index (χ1v) is 10.7. The van der Waals surface area contributed by atoms with E-state index in [1.165, 1.54) is 0 Å². The molecular formula is C22H31N3O5. The molecule has 8 heteroatoms. The van der Waals surface area contributed by atoms with E-state index < -0.39 is 0 Å². The number of likely N-dealkylation sites (N-methyl/N-ethyl adjacent to an activating group) is 1. The Bertz CT molecular complexity index is 797. The minimum Gasteiger partial charge on any atom is -0.490 e. The number of ether oxygens (including phenoxy) is 2. The van der Waals surface area contributed by atoms with Gasteiger partial charge in [-0.05, 0) is 37.5 Å². The lowest BCUT2D eigenvalue weighted by molar-refractivity contribution is -0.134. The molecule has 1 fully saturated rings. The van der Waals surface area contributed by atoms with Gasteiger partial charge in [0.2, 0.25) is 11.8 Å². The van der Waals surface area contributed by atoms with Crippen LogP contribution in [0.25, 0.3) is 0 Å². The van der Waals surface area contributed by atoms with E-state index in [-0.39, 0.29) is 36.0 Å². The Balaban J connectivity index is 1.72. The summed E-state index contributed by atoms with van der Waals surface area (Å²) in [7, 11) is 1.77. The van der Waals surface area contributed by atoms with Crippen molar-refractivity contribution in [3.63, 3.8) is 0 Å². The van der Waals surface area contributed by atoms with Crippen molar-refractivity contribution in [3.05, 3.63) is 23.8 Å². The van der Waals surface area contributed by atoms with E-state index in [1.54, 1.807) is 37.1 Å². The molecule has 0 unspecified atom stereocenters. The van der Waals surface area contributed by atoms with Crippen LogP contribution in [-0.4, -0.2) is 61.1 Å². The third-order valence-electron chi connectivity index (χ3n) is 5.60. The van der Waals surface area contributed by atoms with E-state index in [1.807, 2.05) is 6.92 Å². The molecule has 2 aliphatic heterocycles. The molecule has 0 radical (unpaired) electrons. The van der Waals surface area contributed by atoms with Crippen LogP contribution in [0, 0.1) is 0 Å². The largest absolute Gasteiger partial charge is 0.490 e. The molecule has 0 aliphatic carbocycles. The van der Waals surface area contributed by atoms with E-state index in [2.05, 4.69) is 10.6 Å². The summed E-state index contributed by atoms with van der Waals surface area (Å²) in [6, 6.07) is 4.95. The van der Waals surface area contributed by atoms with Gasteiger partial charge in [-0.1, -0.05) is 13.8 Å². The van der Waals surface area contributed by atoms with E-state index in [4.69, 9.17) is 9.47 Å². The van der Waals surface area contributed by atoms with Crippen LogP contribution < -0.4 is 15.4 Å². The lowest BCUT2D eigenvalue weighted by Gasteiger charge is -2.42. The number of rotatable bonds is 6. The zero-order valence-electron chi connectivity index (χ0n) is 17.9. The Morgan fingerprint density at radius 3 is 2.73 bits per heavy atom. The molecule has 2 heterocycles. The second-order valence-corrected chi connectivity index (χ2v) is 7.84. The Kier molecular flexibility index (Phi) is 7.31. The zero-order chi connectivity index (χ0) is 21.7. The summed E-state index contributed by atoms with van der Waals surface area (Å²) in [4.78, 5) is 38.6. The monoisotopic (exact) mass is 417 g/mol. The number of anilines is 1. The number of carbonyl (C=O) groups is 3. The van der Waals surface area contributed by atoms with Gasteiger partial charge < -0.3 is 25.0 Å². The smallest absolute Gasteiger partial charge is 0.257 e. The van der Waals surface area contributed by atoms with Crippen molar-refractivity contribution in [2.24, 2.45) is 0 Å². The highest BCUT2D eigenvalue weighted by atomic mass is 16.5. The highest BCUT2D eigenvalue weighted by molar-refractivity contribution is 5.99. The van der Waals surface area contributed by atoms with Gasteiger partial charge >= 0.3 is 0 Å². The number of amides is 3. The van der Waals surface area contributed by atoms with Gasteiger partial charge in [0, 0.05) is 25.7 Å². The summed E-state index contributed by atoms with van der Waals surface area (Å²) in [6.07, 6.45) is 2.54. The van der Waals surface area contributed by atoms with E-state index in [0.29, 0.717) is 49.4 Å². The van der Waals surface area contributed by atoms with Gasteiger partial charge in [0.15, 0.2) is 0 Å². The molecule has 3 amide bonds. The molecule has 2 N–H and O–H groups in total. The number of hydrogen-bond donors (Lipinski definition) is 2. The fraction of sp³-hybridized carbons (Fsp3) is 0.591. The molecule has 1 aromatic carbocycles. The van der Waals surface area contributed by atoms with E-state index in [0.717, 1.165) is 12.8 Å². The number of benzene rings is 1. The van der Waals surface area contributed by atoms with Gasteiger partial charge in [-0.25, -0.2) is 0 Å². The first-order chi connectivity index (χ1) is 14.4. The summed E-state index contributed by atoms with van der Waals surface area (Å²) < 4.78 is 12.1. The van der Waals surface area contributed by atoms with Gasteiger partial charge in [-0.15, -0.1) is 0 Å². The van der Waals surface area contributed by atoms with Gasteiger partial charge in [-0.3, -0.25) is 14.4 Å². The maximum absolute atomic E-state index is 13.1. The quantitative estimate of drug-likeness (QED) is 0.741. The fourth-order valence-corrected chi connectivity index (χ4v) is 3.90. The number of carbonyl (C=O) groups excluding carboxylic acids is 3. The van der Waals surface area contributed by atoms with Crippen molar-refractivity contribution >= 4 is 23.4 Å². The lowest BCUT2D eigenvalue weighted by Crippen LogP contribution is -2.54. The summed E-state index contributed by atoms with van der Waals surface area (Å²) in [5, 5.41) is 5.66. The molecule has 3 atom stereocenters. The van der Waals surface area contributed by atoms with Gasteiger partial charge in [0.1, 0.15) is 18.5 Å². The lowest BCUT2D eigenvalue weighted by atomic mass is 9.94. The second kappa shape index (κ2) is 9.93. The van der Waals surface area contributed by atoms with E-state index >= 15 is 0 Å². The van der Waals surface area contributed by atoms with Crippen LogP contribution in [0.2, 0.25) is 0 Å². The van der Waals surface area contributed by atoms with Crippen molar-refractivity contribution in [1.29, 1.82) is 0 Å². The molecule has 0 spiro atoms. The maximum Gasteiger partial charge on any atom is 0.257 e. The van der Waals surface area contributed by atoms with Crippen molar-refractivity contribution in [2.75, 3.05) is 25.5 Å². The average molecular weight is 418 g/mol. The second-order valence-electron chi connectivity index (χ2n) is 7.84. The van der Waals surface area contributed by atoms with Crippen LogP contribution in [-0.2, 0) is 14.3 Å². The number of nitrogens with one attached hydrogen (secondary N) is 2. The molecule has 0 aromatic heterocycles. The Hall–Kier alpha value is -2.61. The summed E-state index contributed by atoms with van der Waals surface area (Å²) in [5.74, 6) is 0.169. The molecule has 0 saturated carbocycles. The molecular weight excluding hydrogens is 386 g/mol. The number of nitrogens with zero attached hydrogens (tertiary/aromatic N) is 1. The third kappa shape index (κ3) is 5.11.